The minimum absolute atomic E-state index is 0. The topological polar surface area (TPSA) is 26.0 Å². The summed E-state index contributed by atoms with van der Waals surface area (Å²) >= 11 is 0. The molecular weight excluding hydrogens is 326 g/mol. The number of hydrogen-bond acceptors (Lipinski definition) is 1. The summed E-state index contributed by atoms with van der Waals surface area (Å²) in [6.07, 6.45) is 27.0. The Morgan fingerprint density at radius 1 is 0.880 bits per heavy atom. The zero-order valence-corrected chi connectivity index (χ0v) is 17.9. The van der Waals surface area contributed by atoms with Gasteiger partial charge < -0.3 is 5.73 Å². The Balaban J connectivity index is 0.00000576. The van der Waals surface area contributed by atoms with E-state index in [1.807, 2.05) is 6.08 Å². The first kappa shape index (κ1) is 25.0. The highest BCUT2D eigenvalue weighted by molar-refractivity contribution is 5.85. The number of unbranched alkanes of at least 4 members (excludes halogenated alkanes) is 8. The van der Waals surface area contributed by atoms with Crippen molar-refractivity contribution in [3.63, 3.8) is 0 Å². The molecule has 0 aromatic carbocycles. The van der Waals surface area contributed by atoms with Crippen LogP contribution in [0.5, 0.6) is 0 Å². The smallest absolute Gasteiger partial charge is 0.0186 e. The lowest BCUT2D eigenvalue weighted by atomic mass is 9.85. The van der Waals surface area contributed by atoms with Gasteiger partial charge in [0.2, 0.25) is 0 Å². The molecule has 1 saturated carbocycles. The van der Waals surface area contributed by atoms with Crippen LogP contribution in [0.1, 0.15) is 122 Å². The zero-order valence-electron chi connectivity index (χ0n) is 17.1. The van der Waals surface area contributed by atoms with Crippen LogP contribution in [0.25, 0.3) is 0 Å². The van der Waals surface area contributed by atoms with Crippen molar-refractivity contribution in [3.8, 4) is 0 Å². The summed E-state index contributed by atoms with van der Waals surface area (Å²) in [5, 5.41) is 0. The summed E-state index contributed by atoms with van der Waals surface area (Å²) < 4.78 is 0. The van der Waals surface area contributed by atoms with Crippen molar-refractivity contribution < 1.29 is 0 Å². The van der Waals surface area contributed by atoms with Crippen LogP contribution in [0.2, 0.25) is 0 Å². The van der Waals surface area contributed by atoms with Crippen molar-refractivity contribution in [2.75, 3.05) is 0 Å². The fraction of sp³-hybridized carbons (Fsp3) is 0.913. The molecule has 0 saturated heterocycles. The fourth-order valence-corrected chi connectivity index (χ4v) is 4.33. The number of nitrogens with two attached hydrogens (primary N) is 1. The Morgan fingerprint density at radius 2 is 1.40 bits per heavy atom. The summed E-state index contributed by atoms with van der Waals surface area (Å²) in [6.45, 7) is 6.05. The molecular formula is C23H46ClN. The van der Waals surface area contributed by atoms with E-state index in [4.69, 9.17) is 5.73 Å². The molecule has 1 unspecified atom stereocenters. The van der Waals surface area contributed by atoms with Gasteiger partial charge in [0, 0.05) is 5.54 Å². The lowest BCUT2D eigenvalue weighted by Gasteiger charge is -2.26. The Morgan fingerprint density at radius 3 is 1.92 bits per heavy atom. The molecule has 2 heteroatoms. The van der Waals surface area contributed by atoms with E-state index in [1.165, 1.54) is 96.3 Å². The lowest BCUT2D eigenvalue weighted by molar-refractivity contribution is 0.328. The molecule has 2 N–H and O–H groups in total. The van der Waals surface area contributed by atoms with Gasteiger partial charge in [0.05, 0.1) is 0 Å². The van der Waals surface area contributed by atoms with Gasteiger partial charge in [-0.2, -0.15) is 0 Å². The maximum atomic E-state index is 6.40. The van der Waals surface area contributed by atoms with E-state index in [-0.39, 0.29) is 17.9 Å². The second-order valence-electron chi connectivity index (χ2n) is 8.43. The molecule has 0 aliphatic heterocycles. The van der Waals surface area contributed by atoms with Gasteiger partial charge in [-0.1, -0.05) is 109 Å². The van der Waals surface area contributed by atoms with Crippen LogP contribution in [-0.4, -0.2) is 5.54 Å². The van der Waals surface area contributed by atoms with E-state index in [2.05, 4.69) is 13.5 Å². The van der Waals surface area contributed by atoms with E-state index in [0.717, 1.165) is 25.2 Å². The van der Waals surface area contributed by atoms with Gasteiger partial charge in [0.1, 0.15) is 0 Å². The minimum Gasteiger partial charge on any atom is -0.325 e. The molecule has 0 aromatic heterocycles. The van der Waals surface area contributed by atoms with Gasteiger partial charge in [-0.05, 0) is 25.2 Å². The largest absolute Gasteiger partial charge is 0.325 e. The highest BCUT2D eigenvalue weighted by Crippen LogP contribution is 2.28. The highest BCUT2D eigenvalue weighted by atomic mass is 35.5. The molecule has 0 heterocycles. The normalized spacial score (nSPS) is 17.7. The molecule has 0 spiro atoms. The molecule has 0 aromatic rings. The first-order valence-corrected chi connectivity index (χ1v) is 11.1. The number of rotatable bonds is 15. The highest BCUT2D eigenvalue weighted by Gasteiger charge is 2.19. The summed E-state index contributed by atoms with van der Waals surface area (Å²) in [5.41, 5.74) is 6.41. The quantitative estimate of drug-likeness (QED) is 0.229. The predicted molar refractivity (Wildman–Crippen MR) is 117 cm³/mol. The third kappa shape index (κ3) is 12.9. The minimum atomic E-state index is 0. The monoisotopic (exact) mass is 371 g/mol. The van der Waals surface area contributed by atoms with Crippen LogP contribution < -0.4 is 5.73 Å². The second kappa shape index (κ2) is 16.2. The van der Waals surface area contributed by atoms with E-state index in [9.17, 15) is 0 Å². The summed E-state index contributed by atoms with van der Waals surface area (Å²) in [7, 11) is 0. The lowest BCUT2D eigenvalue weighted by Crippen LogP contribution is -2.38. The zero-order chi connectivity index (χ0) is 17.5. The molecule has 1 rings (SSSR count). The Kier molecular flexibility index (Phi) is 16.2. The first-order chi connectivity index (χ1) is 11.7. The molecule has 0 bridgehead atoms. The molecule has 1 aliphatic carbocycles. The number of hydrogen-bond donors (Lipinski definition) is 1. The van der Waals surface area contributed by atoms with Crippen LogP contribution in [0.4, 0.5) is 0 Å². The third-order valence-corrected chi connectivity index (χ3v) is 6.27. The van der Waals surface area contributed by atoms with Crippen LogP contribution >= 0.6 is 12.4 Å². The Labute approximate surface area is 165 Å². The van der Waals surface area contributed by atoms with Crippen molar-refractivity contribution in [1.82, 2.24) is 0 Å². The van der Waals surface area contributed by atoms with Crippen LogP contribution in [-0.2, 0) is 0 Å². The van der Waals surface area contributed by atoms with Crippen molar-refractivity contribution in [2.45, 2.75) is 128 Å². The van der Waals surface area contributed by atoms with Gasteiger partial charge in [-0.15, -0.1) is 19.0 Å². The fourth-order valence-electron chi connectivity index (χ4n) is 4.33. The maximum absolute atomic E-state index is 6.40. The summed E-state index contributed by atoms with van der Waals surface area (Å²) in [4.78, 5) is 0. The Bertz CT molecular complexity index is 298. The maximum Gasteiger partial charge on any atom is 0.0186 e. The standard InChI is InChI=1S/C23H45N.ClH/c1-3-20-23(24,4-2)21-16-11-9-7-5-6-8-10-13-17-22-18-14-12-15-19-22;/h3,22H,1,4-21,24H2,2H3;1H. The van der Waals surface area contributed by atoms with Crippen molar-refractivity contribution in [3.05, 3.63) is 12.7 Å². The number of halogens is 1. The molecule has 25 heavy (non-hydrogen) atoms. The van der Waals surface area contributed by atoms with E-state index in [1.54, 1.807) is 0 Å². The van der Waals surface area contributed by atoms with Crippen LogP contribution in [0, 0.1) is 5.92 Å². The van der Waals surface area contributed by atoms with Gasteiger partial charge in [0.15, 0.2) is 0 Å². The average molecular weight is 372 g/mol. The Hall–Kier alpha value is -0.0100. The molecule has 0 radical (unpaired) electrons. The first-order valence-electron chi connectivity index (χ1n) is 11.1. The van der Waals surface area contributed by atoms with E-state index < -0.39 is 0 Å². The van der Waals surface area contributed by atoms with Crippen molar-refractivity contribution >= 4 is 12.4 Å². The van der Waals surface area contributed by atoms with Crippen LogP contribution in [0.15, 0.2) is 12.7 Å². The third-order valence-electron chi connectivity index (χ3n) is 6.27. The van der Waals surface area contributed by atoms with E-state index >= 15 is 0 Å². The molecule has 1 fully saturated rings. The van der Waals surface area contributed by atoms with E-state index in [0.29, 0.717) is 0 Å². The molecule has 1 aliphatic rings. The van der Waals surface area contributed by atoms with Gasteiger partial charge in [-0.3, -0.25) is 0 Å². The molecule has 1 atom stereocenters. The van der Waals surface area contributed by atoms with Gasteiger partial charge in [0.25, 0.3) is 0 Å². The van der Waals surface area contributed by atoms with Crippen LogP contribution in [0.3, 0.4) is 0 Å². The molecule has 1 nitrogen and oxygen atoms in total. The predicted octanol–water partition coefficient (Wildman–Crippen LogP) is 7.96. The SMILES string of the molecule is C=CCC(N)(CC)CCCCCCCCCCCC1CCCCC1.Cl. The van der Waals surface area contributed by atoms with Gasteiger partial charge in [-0.25, -0.2) is 0 Å². The second-order valence-corrected chi connectivity index (χ2v) is 8.43. The van der Waals surface area contributed by atoms with Crippen molar-refractivity contribution in [1.29, 1.82) is 0 Å². The van der Waals surface area contributed by atoms with Gasteiger partial charge >= 0.3 is 0 Å². The summed E-state index contributed by atoms with van der Waals surface area (Å²) in [5.74, 6) is 1.08. The average Bonchev–Trinajstić information content (AvgIpc) is 2.61. The summed E-state index contributed by atoms with van der Waals surface area (Å²) in [6, 6.07) is 0. The molecule has 150 valence electrons. The van der Waals surface area contributed by atoms with Crippen molar-refractivity contribution in [2.24, 2.45) is 11.7 Å². The molecule has 0 amide bonds.